The first-order valence-corrected chi connectivity index (χ1v) is 10.1. The zero-order valence-corrected chi connectivity index (χ0v) is 17.5. The number of benzene rings is 1. The number of rotatable bonds is 6. The van der Waals surface area contributed by atoms with Gasteiger partial charge in [0.05, 0.1) is 6.61 Å². The Hall–Kier alpha value is -2.61. The fraction of sp³-hybridized carbons (Fsp3) is 0.400. The Morgan fingerprint density at radius 1 is 1.07 bits per heavy atom. The summed E-state index contributed by atoms with van der Waals surface area (Å²) in [4.78, 5) is 34.4. The Labute approximate surface area is 167 Å². The summed E-state index contributed by atoms with van der Waals surface area (Å²) < 4.78 is 7.99. The van der Waals surface area contributed by atoms with Gasteiger partial charge in [0, 0.05) is 24.9 Å². The van der Waals surface area contributed by atoms with Crippen LogP contribution in [0.4, 0.5) is 0 Å². The summed E-state index contributed by atoms with van der Waals surface area (Å²) in [6.07, 6.45) is 0.931. The fourth-order valence-corrected chi connectivity index (χ4v) is 3.77. The van der Waals surface area contributed by atoms with Gasteiger partial charge in [0.1, 0.15) is 16.2 Å². The van der Waals surface area contributed by atoms with Crippen LogP contribution in [0.2, 0.25) is 0 Å². The molecule has 1 atom stereocenters. The van der Waals surface area contributed by atoms with Gasteiger partial charge in [-0.1, -0.05) is 13.8 Å². The van der Waals surface area contributed by atoms with Gasteiger partial charge in [-0.25, -0.2) is 14.8 Å². The highest BCUT2D eigenvalue weighted by atomic mass is 32.2. The van der Waals surface area contributed by atoms with E-state index in [1.54, 1.807) is 7.05 Å². The number of ether oxygens (including phenoxy) is 1. The first kappa shape index (κ1) is 20.1. The molecular weight excluding hydrogens is 376 g/mol. The molecular formula is C20H24N4O3S. The van der Waals surface area contributed by atoms with E-state index in [1.807, 2.05) is 31.2 Å². The Morgan fingerprint density at radius 2 is 1.75 bits per heavy atom. The van der Waals surface area contributed by atoms with E-state index in [0.29, 0.717) is 28.5 Å². The third-order valence-corrected chi connectivity index (χ3v) is 5.83. The second-order valence-corrected chi connectivity index (χ2v) is 7.98. The van der Waals surface area contributed by atoms with Crippen LogP contribution in [-0.4, -0.2) is 31.0 Å². The number of hydrogen-bond acceptors (Lipinski definition) is 6. The van der Waals surface area contributed by atoms with E-state index in [0.717, 1.165) is 22.3 Å². The van der Waals surface area contributed by atoms with Gasteiger partial charge in [-0.15, -0.1) is 11.8 Å². The largest absolute Gasteiger partial charge is 0.494 e. The van der Waals surface area contributed by atoms with Gasteiger partial charge in [-0.2, -0.15) is 0 Å². The van der Waals surface area contributed by atoms with Crippen molar-refractivity contribution in [2.45, 2.75) is 37.5 Å². The fourth-order valence-electron chi connectivity index (χ4n) is 2.78. The van der Waals surface area contributed by atoms with E-state index in [1.165, 1.54) is 23.4 Å². The molecule has 7 nitrogen and oxygen atoms in total. The summed E-state index contributed by atoms with van der Waals surface area (Å²) in [5.74, 6) is 1.24. The minimum atomic E-state index is -0.409. The molecule has 1 aromatic carbocycles. The number of fused-ring (bicyclic) bond motifs is 1. The van der Waals surface area contributed by atoms with Crippen LogP contribution in [0.1, 0.15) is 27.2 Å². The molecule has 2 aromatic heterocycles. The second kappa shape index (κ2) is 8.18. The van der Waals surface area contributed by atoms with Crippen molar-refractivity contribution in [1.29, 1.82) is 0 Å². The van der Waals surface area contributed by atoms with Gasteiger partial charge in [0.25, 0.3) is 5.56 Å². The molecule has 148 valence electrons. The maximum absolute atomic E-state index is 12.8. The molecule has 0 unspecified atom stereocenters. The number of thioether (sulfide) groups is 1. The molecule has 2 heterocycles. The normalized spacial score (nSPS) is 12.3. The first-order chi connectivity index (χ1) is 13.4. The first-order valence-electron chi connectivity index (χ1n) is 9.25. The minimum absolute atomic E-state index is 0.272. The number of nitrogens with zero attached hydrogens (tertiary/aromatic N) is 4. The Balaban J connectivity index is 2.27. The van der Waals surface area contributed by atoms with Gasteiger partial charge in [0.15, 0.2) is 11.5 Å². The summed E-state index contributed by atoms with van der Waals surface area (Å²) in [7, 11) is 3.10. The Bertz CT molecular complexity index is 1120. The molecule has 0 saturated heterocycles. The van der Waals surface area contributed by atoms with Crippen molar-refractivity contribution < 1.29 is 4.74 Å². The van der Waals surface area contributed by atoms with Crippen molar-refractivity contribution in [3.05, 3.63) is 45.1 Å². The van der Waals surface area contributed by atoms with Crippen molar-refractivity contribution in [3.8, 4) is 17.1 Å². The maximum atomic E-state index is 12.8. The highest BCUT2D eigenvalue weighted by Crippen LogP contribution is 2.30. The van der Waals surface area contributed by atoms with E-state index in [-0.39, 0.29) is 10.8 Å². The zero-order chi connectivity index (χ0) is 20.4. The van der Waals surface area contributed by atoms with Crippen LogP contribution in [0.3, 0.4) is 0 Å². The smallest absolute Gasteiger partial charge is 0.332 e. The molecule has 0 aliphatic rings. The lowest BCUT2D eigenvalue weighted by Gasteiger charge is -2.14. The summed E-state index contributed by atoms with van der Waals surface area (Å²) in [5.41, 5.74) is 0.359. The predicted octanol–water partition coefficient (Wildman–Crippen LogP) is 2.98. The second-order valence-electron chi connectivity index (χ2n) is 6.55. The van der Waals surface area contributed by atoms with Gasteiger partial charge in [-0.3, -0.25) is 13.9 Å². The number of hydrogen-bond donors (Lipinski definition) is 0. The van der Waals surface area contributed by atoms with E-state index in [9.17, 15) is 9.59 Å². The van der Waals surface area contributed by atoms with Crippen molar-refractivity contribution in [3.63, 3.8) is 0 Å². The van der Waals surface area contributed by atoms with Crippen molar-refractivity contribution in [2.75, 3.05) is 6.61 Å². The molecule has 3 rings (SSSR count). The third kappa shape index (κ3) is 3.69. The van der Waals surface area contributed by atoms with Crippen LogP contribution in [0.25, 0.3) is 22.4 Å². The molecule has 28 heavy (non-hydrogen) atoms. The molecule has 0 fully saturated rings. The molecule has 0 bridgehead atoms. The zero-order valence-electron chi connectivity index (χ0n) is 16.7. The molecule has 0 saturated carbocycles. The monoisotopic (exact) mass is 400 g/mol. The highest BCUT2D eigenvalue weighted by Gasteiger charge is 2.19. The molecule has 8 heteroatoms. The van der Waals surface area contributed by atoms with Gasteiger partial charge < -0.3 is 4.74 Å². The van der Waals surface area contributed by atoms with Crippen LogP contribution in [0.5, 0.6) is 5.75 Å². The molecule has 0 N–H and O–H groups in total. The van der Waals surface area contributed by atoms with E-state index >= 15 is 0 Å². The average molecular weight is 401 g/mol. The SMILES string of the molecule is CCOc1ccc(-c2nc(S[C@H](C)CC)c3c(=O)n(C)c(=O)n(C)c3n2)cc1. The standard InChI is InChI=1S/C20H24N4O3S/c1-6-12(3)28-18-15-17(23(4)20(26)24(5)19(15)25)21-16(22-18)13-8-10-14(11-9-13)27-7-2/h8-12H,6-7H2,1-5H3/t12-/m1/s1. The summed E-state index contributed by atoms with van der Waals surface area (Å²) >= 11 is 1.53. The molecule has 0 amide bonds. The highest BCUT2D eigenvalue weighted by molar-refractivity contribution is 8.00. The predicted molar refractivity (Wildman–Crippen MR) is 112 cm³/mol. The van der Waals surface area contributed by atoms with Crippen LogP contribution in [0, 0.1) is 0 Å². The van der Waals surface area contributed by atoms with Gasteiger partial charge >= 0.3 is 5.69 Å². The van der Waals surface area contributed by atoms with Crippen molar-refractivity contribution in [2.24, 2.45) is 14.1 Å². The lowest BCUT2D eigenvalue weighted by Crippen LogP contribution is -2.37. The van der Waals surface area contributed by atoms with E-state index in [4.69, 9.17) is 4.74 Å². The average Bonchev–Trinajstić information content (AvgIpc) is 2.70. The van der Waals surface area contributed by atoms with Crippen LogP contribution in [0.15, 0.2) is 38.9 Å². The lowest BCUT2D eigenvalue weighted by molar-refractivity contribution is 0.340. The molecule has 0 aliphatic carbocycles. The van der Waals surface area contributed by atoms with Crippen LogP contribution >= 0.6 is 11.8 Å². The molecule has 0 aliphatic heterocycles. The quantitative estimate of drug-likeness (QED) is 0.468. The van der Waals surface area contributed by atoms with Crippen molar-refractivity contribution in [1.82, 2.24) is 19.1 Å². The lowest BCUT2D eigenvalue weighted by atomic mass is 10.2. The topological polar surface area (TPSA) is 79.0 Å². The summed E-state index contributed by atoms with van der Waals surface area (Å²) in [6, 6.07) is 7.47. The number of aromatic nitrogens is 4. The Morgan fingerprint density at radius 3 is 2.36 bits per heavy atom. The third-order valence-electron chi connectivity index (χ3n) is 4.58. The van der Waals surface area contributed by atoms with Crippen LogP contribution < -0.4 is 16.0 Å². The van der Waals surface area contributed by atoms with E-state index in [2.05, 4.69) is 23.8 Å². The molecule has 0 radical (unpaired) electrons. The molecule has 3 aromatic rings. The summed E-state index contributed by atoms with van der Waals surface area (Å²) in [5, 5.41) is 1.25. The summed E-state index contributed by atoms with van der Waals surface area (Å²) in [6.45, 7) is 6.69. The molecule has 0 spiro atoms. The van der Waals surface area contributed by atoms with Gasteiger partial charge in [-0.05, 0) is 37.6 Å². The maximum Gasteiger partial charge on any atom is 0.332 e. The van der Waals surface area contributed by atoms with Crippen molar-refractivity contribution >= 4 is 22.8 Å². The minimum Gasteiger partial charge on any atom is -0.494 e. The van der Waals surface area contributed by atoms with Gasteiger partial charge in [0.2, 0.25) is 0 Å². The van der Waals surface area contributed by atoms with E-state index < -0.39 is 5.69 Å². The van der Waals surface area contributed by atoms with Crippen LogP contribution in [-0.2, 0) is 14.1 Å². The number of aryl methyl sites for hydroxylation is 1. The Kier molecular flexibility index (Phi) is 5.88.